The largest absolute Gasteiger partial charge is 0.338 e. The van der Waals surface area contributed by atoms with Gasteiger partial charge in [-0.1, -0.05) is 20.3 Å². The molecule has 1 N–H and O–H groups in total. The van der Waals surface area contributed by atoms with Crippen molar-refractivity contribution in [2.45, 2.75) is 59.2 Å². The van der Waals surface area contributed by atoms with Crippen LogP contribution in [-0.4, -0.2) is 66.2 Å². The molecule has 0 saturated carbocycles. The molecule has 0 aliphatic carbocycles. The molecule has 2 aromatic heterocycles. The van der Waals surface area contributed by atoms with E-state index in [0.717, 1.165) is 49.1 Å². The molecular weight excluding hydrogens is 344 g/mol. The lowest BCUT2D eigenvalue weighted by Crippen LogP contribution is -2.35. The molecule has 1 aliphatic heterocycles. The lowest BCUT2D eigenvalue weighted by Gasteiger charge is -2.29. The molecule has 0 spiro atoms. The first-order valence-corrected chi connectivity index (χ1v) is 9.79. The normalized spacial score (nSPS) is 16.0. The van der Waals surface area contributed by atoms with Crippen LogP contribution in [0.2, 0.25) is 0 Å². The van der Waals surface area contributed by atoms with Gasteiger partial charge in [-0.05, 0) is 54.8 Å². The van der Waals surface area contributed by atoms with E-state index in [9.17, 15) is 4.79 Å². The molecule has 0 aromatic carbocycles. The van der Waals surface area contributed by atoms with Gasteiger partial charge >= 0.3 is 0 Å². The van der Waals surface area contributed by atoms with Gasteiger partial charge in [0.2, 0.25) is 5.91 Å². The summed E-state index contributed by atoms with van der Waals surface area (Å²) < 4.78 is 1.62. The second-order valence-electron chi connectivity index (χ2n) is 7.60. The molecule has 27 heavy (non-hydrogen) atoms. The van der Waals surface area contributed by atoms with E-state index in [2.05, 4.69) is 44.5 Å². The Morgan fingerprint density at radius 2 is 2.15 bits per heavy atom. The molecule has 0 unspecified atom stereocenters. The molecule has 3 rings (SSSR count). The number of likely N-dealkylation sites (N-methyl/N-ethyl adjacent to an activating group) is 1. The highest BCUT2D eigenvalue weighted by molar-refractivity contribution is 5.75. The monoisotopic (exact) mass is 374 g/mol. The SMILES string of the molecule is CCCc1cc(CN(C)C(=O)Cn2nnnc2CN2CCC(C)CC2)[nH]n1. The fraction of sp³-hybridized carbons (Fsp3) is 0.722. The maximum absolute atomic E-state index is 12.6. The molecule has 0 radical (unpaired) electrons. The van der Waals surface area contributed by atoms with Gasteiger partial charge in [-0.3, -0.25) is 14.8 Å². The highest BCUT2D eigenvalue weighted by Crippen LogP contribution is 2.17. The van der Waals surface area contributed by atoms with E-state index in [4.69, 9.17) is 0 Å². The second-order valence-corrected chi connectivity index (χ2v) is 7.60. The molecule has 9 nitrogen and oxygen atoms in total. The van der Waals surface area contributed by atoms with Gasteiger partial charge in [0.25, 0.3) is 0 Å². The van der Waals surface area contributed by atoms with E-state index >= 15 is 0 Å². The standard InChI is InChI=1S/C18H30N8O/c1-4-5-15-10-16(20-19-15)11-24(3)18(27)13-26-17(21-22-23-26)12-25-8-6-14(2)7-9-25/h10,14H,4-9,11-13H2,1-3H3,(H,19,20). The Balaban J connectivity index is 1.53. The number of nitrogens with one attached hydrogen (secondary N) is 1. The van der Waals surface area contributed by atoms with Crippen LogP contribution in [0.5, 0.6) is 0 Å². The molecule has 1 amide bonds. The number of hydrogen-bond donors (Lipinski definition) is 1. The number of tetrazole rings is 1. The Morgan fingerprint density at radius 3 is 2.89 bits per heavy atom. The van der Waals surface area contributed by atoms with Crippen LogP contribution in [0, 0.1) is 5.92 Å². The maximum Gasteiger partial charge on any atom is 0.244 e. The Labute approximate surface area is 160 Å². The number of nitrogens with zero attached hydrogens (tertiary/aromatic N) is 7. The fourth-order valence-corrected chi connectivity index (χ4v) is 3.35. The number of aryl methyl sites for hydroxylation is 1. The Bertz CT molecular complexity index is 731. The highest BCUT2D eigenvalue weighted by atomic mass is 16.2. The number of rotatable bonds is 8. The lowest BCUT2D eigenvalue weighted by molar-refractivity contribution is -0.131. The van der Waals surface area contributed by atoms with Crippen LogP contribution in [0.1, 0.15) is 50.3 Å². The van der Waals surface area contributed by atoms with Gasteiger partial charge in [0.15, 0.2) is 5.82 Å². The molecule has 3 heterocycles. The van der Waals surface area contributed by atoms with Gasteiger partial charge < -0.3 is 4.90 Å². The van der Waals surface area contributed by atoms with Gasteiger partial charge in [-0.2, -0.15) is 5.10 Å². The van der Waals surface area contributed by atoms with Crippen molar-refractivity contribution < 1.29 is 4.79 Å². The summed E-state index contributed by atoms with van der Waals surface area (Å²) in [5.41, 5.74) is 1.97. The summed E-state index contributed by atoms with van der Waals surface area (Å²) in [7, 11) is 1.79. The number of hydrogen-bond acceptors (Lipinski definition) is 6. The van der Waals surface area contributed by atoms with E-state index in [1.165, 1.54) is 12.8 Å². The van der Waals surface area contributed by atoms with Crippen molar-refractivity contribution in [2.75, 3.05) is 20.1 Å². The van der Waals surface area contributed by atoms with Crippen molar-refractivity contribution >= 4 is 5.91 Å². The zero-order valence-corrected chi connectivity index (χ0v) is 16.6. The van der Waals surface area contributed by atoms with Gasteiger partial charge in [-0.25, -0.2) is 4.68 Å². The third-order valence-corrected chi connectivity index (χ3v) is 5.16. The minimum absolute atomic E-state index is 0.0255. The lowest BCUT2D eigenvalue weighted by atomic mass is 9.99. The van der Waals surface area contributed by atoms with Crippen LogP contribution in [0.3, 0.4) is 0 Å². The number of aromatic nitrogens is 6. The van der Waals surface area contributed by atoms with Crippen LogP contribution in [-0.2, 0) is 30.8 Å². The molecular formula is C18H30N8O. The second kappa shape index (κ2) is 9.07. The summed E-state index contributed by atoms with van der Waals surface area (Å²) in [6.45, 7) is 7.87. The number of piperidine rings is 1. The highest BCUT2D eigenvalue weighted by Gasteiger charge is 2.20. The quantitative estimate of drug-likeness (QED) is 0.747. The first kappa shape index (κ1) is 19.5. The fourth-order valence-electron chi connectivity index (χ4n) is 3.35. The molecule has 9 heteroatoms. The number of carbonyl (C=O) groups is 1. The number of likely N-dealkylation sites (tertiary alicyclic amines) is 1. The van der Waals surface area contributed by atoms with Gasteiger partial charge in [0.1, 0.15) is 6.54 Å². The summed E-state index contributed by atoms with van der Waals surface area (Å²) in [5.74, 6) is 1.51. The van der Waals surface area contributed by atoms with Gasteiger partial charge in [0.05, 0.1) is 24.5 Å². The van der Waals surface area contributed by atoms with Crippen molar-refractivity contribution in [2.24, 2.45) is 5.92 Å². The summed E-state index contributed by atoms with van der Waals surface area (Å²) in [6, 6.07) is 2.02. The molecule has 0 atom stereocenters. The third kappa shape index (κ3) is 5.35. The van der Waals surface area contributed by atoms with Crippen molar-refractivity contribution in [1.82, 2.24) is 40.2 Å². The Morgan fingerprint density at radius 1 is 1.37 bits per heavy atom. The predicted molar refractivity (Wildman–Crippen MR) is 101 cm³/mol. The van der Waals surface area contributed by atoms with Crippen molar-refractivity contribution in [3.05, 3.63) is 23.3 Å². The minimum Gasteiger partial charge on any atom is -0.338 e. The van der Waals surface area contributed by atoms with E-state index in [1.807, 2.05) is 6.07 Å². The first-order valence-electron chi connectivity index (χ1n) is 9.79. The minimum atomic E-state index is -0.0255. The zero-order valence-electron chi connectivity index (χ0n) is 16.6. The van der Waals surface area contributed by atoms with Gasteiger partial charge in [-0.15, -0.1) is 5.10 Å². The smallest absolute Gasteiger partial charge is 0.244 e. The van der Waals surface area contributed by atoms with Crippen LogP contribution in [0.25, 0.3) is 0 Å². The van der Waals surface area contributed by atoms with E-state index in [1.54, 1.807) is 16.6 Å². The van der Waals surface area contributed by atoms with Gasteiger partial charge in [0, 0.05) is 7.05 Å². The van der Waals surface area contributed by atoms with E-state index in [0.29, 0.717) is 13.1 Å². The average molecular weight is 374 g/mol. The van der Waals surface area contributed by atoms with E-state index < -0.39 is 0 Å². The zero-order chi connectivity index (χ0) is 19.2. The number of H-pyrrole nitrogens is 1. The average Bonchev–Trinajstić information content (AvgIpc) is 3.27. The molecule has 1 saturated heterocycles. The molecule has 148 valence electrons. The predicted octanol–water partition coefficient (Wildman–Crippen LogP) is 1.24. The van der Waals surface area contributed by atoms with Crippen molar-refractivity contribution in [1.29, 1.82) is 0 Å². The number of carbonyl (C=O) groups excluding carboxylic acids is 1. The van der Waals surface area contributed by atoms with Crippen LogP contribution >= 0.6 is 0 Å². The van der Waals surface area contributed by atoms with E-state index in [-0.39, 0.29) is 12.5 Å². The summed E-state index contributed by atoms with van der Waals surface area (Å²) in [6.07, 6.45) is 4.40. The first-order chi connectivity index (χ1) is 13.0. The Kier molecular flexibility index (Phi) is 6.54. The third-order valence-electron chi connectivity index (χ3n) is 5.16. The van der Waals surface area contributed by atoms with Crippen molar-refractivity contribution in [3.8, 4) is 0 Å². The molecule has 2 aromatic rings. The van der Waals surface area contributed by atoms with Crippen LogP contribution in [0.4, 0.5) is 0 Å². The number of aromatic amines is 1. The van der Waals surface area contributed by atoms with Crippen molar-refractivity contribution in [3.63, 3.8) is 0 Å². The summed E-state index contributed by atoms with van der Waals surface area (Å²) >= 11 is 0. The maximum atomic E-state index is 12.6. The summed E-state index contributed by atoms with van der Waals surface area (Å²) in [5, 5.41) is 19.2. The molecule has 1 fully saturated rings. The number of amides is 1. The topological polar surface area (TPSA) is 95.8 Å². The molecule has 0 bridgehead atoms. The van der Waals surface area contributed by atoms with Crippen LogP contribution in [0.15, 0.2) is 6.07 Å². The summed E-state index contributed by atoms with van der Waals surface area (Å²) in [4.78, 5) is 16.6. The van der Waals surface area contributed by atoms with Crippen LogP contribution < -0.4 is 0 Å². The Hall–Kier alpha value is -2.29. The molecule has 1 aliphatic rings.